The summed E-state index contributed by atoms with van der Waals surface area (Å²) < 4.78 is 22.4. The Balaban J connectivity index is 1.91. The van der Waals surface area contributed by atoms with E-state index in [1.807, 2.05) is 20.8 Å². The second-order valence-electron chi connectivity index (χ2n) is 6.41. The first-order chi connectivity index (χ1) is 11.1. The van der Waals surface area contributed by atoms with E-state index in [9.17, 15) is 8.42 Å². The number of nitrogens with two attached hydrogens (primary N) is 1. The van der Waals surface area contributed by atoms with E-state index in [-0.39, 0.29) is 10.4 Å². The first-order valence-electron chi connectivity index (χ1n) is 7.47. The van der Waals surface area contributed by atoms with Crippen LogP contribution in [0.1, 0.15) is 26.3 Å². The van der Waals surface area contributed by atoms with E-state index in [0.717, 1.165) is 5.56 Å². The summed E-state index contributed by atoms with van der Waals surface area (Å²) in [6.07, 6.45) is 2.26. The summed E-state index contributed by atoms with van der Waals surface area (Å²) >= 11 is 0. The highest BCUT2D eigenvalue weighted by molar-refractivity contribution is 7.89. The van der Waals surface area contributed by atoms with Crippen molar-refractivity contribution < 1.29 is 8.42 Å². The van der Waals surface area contributed by atoms with Gasteiger partial charge in [0.15, 0.2) is 5.82 Å². The molecule has 0 saturated carbocycles. The molecule has 0 amide bonds. The van der Waals surface area contributed by atoms with Crippen LogP contribution in [-0.4, -0.2) is 35.7 Å². The van der Waals surface area contributed by atoms with Crippen LogP contribution in [0.25, 0.3) is 0 Å². The van der Waals surface area contributed by atoms with Gasteiger partial charge in [-0.25, -0.2) is 13.6 Å². The van der Waals surface area contributed by atoms with Gasteiger partial charge in [-0.2, -0.15) is 10.1 Å². The predicted octanol–water partition coefficient (Wildman–Crippen LogP) is 1.38. The van der Waals surface area contributed by atoms with Crippen LogP contribution in [0.15, 0.2) is 35.4 Å². The molecule has 4 N–H and O–H groups in total. The Hall–Kier alpha value is -2.26. The number of primary sulfonamides is 1. The number of nitrogens with one attached hydrogen (secondary N) is 2. The van der Waals surface area contributed by atoms with Crippen molar-refractivity contribution in [1.82, 2.24) is 15.2 Å². The van der Waals surface area contributed by atoms with Crippen molar-refractivity contribution in [3.8, 4) is 0 Å². The fourth-order valence-corrected chi connectivity index (χ4v) is 2.47. The Labute approximate surface area is 142 Å². The van der Waals surface area contributed by atoms with Crippen molar-refractivity contribution in [2.24, 2.45) is 5.14 Å². The molecule has 0 aliphatic rings. The quantitative estimate of drug-likeness (QED) is 0.719. The lowest BCUT2D eigenvalue weighted by Gasteiger charge is -2.20. The van der Waals surface area contributed by atoms with Gasteiger partial charge in [0.05, 0.1) is 11.1 Å². The average Bonchev–Trinajstić information content (AvgIpc) is 2.45. The number of anilines is 2. The molecule has 1 aromatic heterocycles. The number of hydrogen-bond donors (Lipinski definition) is 3. The summed E-state index contributed by atoms with van der Waals surface area (Å²) in [5.41, 5.74) is 0.843. The number of benzene rings is 1. The summed E-state index contributed by atoms with van der Waals surface area (Å²) in [5.74, 6) is 1.09. The van der Waals surface area contributed by atoms with Crippen LogP contribution >= 0.6 is 0 Å². The SMILES string of the molecule is CC(C)(C)Nc1nncc(NCCc2ccc(S(N)(=O)=O)cc2)n1. The number of nitrogens with zero attached hydrogens (tertiary/aromatic N) is 3. The van der Waals surface area contributed by atoms with Gasteiger partial charge in [-0.3, -0.25) is 0 Å². The van der Waals surface area contributed by atoms with Crippen LogP contribution in [0.4, 0.5) is 11.8 Å². The molecule has 0 unspecified atom stereocenters. The largest absolute Gasteiger partial charge is 0.368 e. The highest BCUT2D eigenvalue weighted by Crippen LogP contribution is 2.12. The zero-order chi connectivity index (χ0) is 17.8. The standard InChI is InChI=1S/C15H22N6O2S/c1-15(2,3)20-14-19-13(10-18-21-14)17-9-8-11-4-6-12(7-5-11)24(16,22)23/h4-7,10H,8-9H2,1-3H3,(H2,16,22,23)(H2,17,19,20,21). The molecular weight excluding hydrogens is 328 g/mol. The molecule has 24 heavy (non-hydrogen) atoms. The van der Waals surface area contributed by atoms with E-state index in [0.29, 0.717) is 24.7 Å². The molecule has 2 rings (SSSR count). The monoisotopic (exact) mass is 350 g/mol. The normalized spacial score (nSPS) is 12.0. The third kappa shape index (κ3) is 5.74. The molecule has 2 aromatic rings. The van der Waals surface area contributed by atoms with Crippen LogP contribution < -0.4 is 15.8 Å². The lowest BCUT2D eigenvalue weighted by atomic mass is 10.1. The number of sulfonamides is 1. The summed E-state index contributed by atoms with van der Waals surface area (Å²) in [4.78, 5) is 4.45. The molecule has 0 aliphatic carbocycles. The molecule has 0 aliphatic heterocycles. The van der Waals surface area contributed by atoms with Crippen LogP contribution in [0.5, 0.6) is 0 Å². The maximum Gasteiger partial charge on any atom is 0.245 e. The van der Waals surface area contributed by atoms with Crippen LogP contribution in [0.3, 0.4) is 0 Å². The Morgan fingerprint density at radius 2 is 1.83 bits per heavy atom. The molecule has 0 bridgehead atoms. The number of aromatic nitrogens is 3. The molecule has 1 aromatic carbocycles. The zero-order valence-electron chi connectivity index (χ0n) is 13.9. The van der Waals surface area contributed by atoms with Gasteiger partial charge in [0.25, 0.3) is 0 Å². The highest BCUT2D eigenvalue weighted by atomic mass is 32.2. The van der Waals surface area contributed by atoms with Crippen LogP contribution in [0.2, 0.25) is 0 Å². The minimum absolute atomic E-state index is 0.108. The third-order valence-corrected chi connectivity index (χ3v) is 3.95. The minimum atomic E-state index is -3.65. The molecule has 1 heterocycles. The number of rotatable bonds is 6. The van der Waals surface area contributed by atoms with E-state index >= 15 is 0 Å². The fraction of sp³-hybridized carbons (Fsp3) is 0.400. The summed E-state index contributed by atoms with van der Waals surface area (Å²) in [7, 11) is -3.65. The molecule has 0 radical (unpaired) electrons. The molecule has 0 atom stereocenters. The summed E-state index contributed by atoms with van der Waals surface area (Å²) in [6.45, 7) is 6.67. The summed E-state index contributed by atoms with van der Waals surface area (Å²) in [5, 5.41) is 19.3. The van der Waals surface area contributed by atoms with Gasteiger partial charge in [-0.15, -0.1) is 5.10 Å². The molecule has 9 heteroatoms. The highest BCUT2D eigenvalue weighted by Gasteiger charge is 2.12. The van der Waals surface area contributed by atoms with Crippen molar-refractivity contribution in [2.75, 3.05) is 17.2 Å². The second-order valence-corrected chi connectivity index (χ2v) is 7.97. The van der Waals surface area contributed by atoms with E-state index < -0.39 is 10.0 Å². The first-order valence-corrected chi connectivity index (χ1v) is 9.02. The van der Waals surface area contributed by atoms with Gasteiger partial charge in [0.1, 0.15) is 0 Å². The second kappa shape index (κ2) is 7.10. The maximum atomic E-state index is 11.2. The average molecular weight is 350 g/mol. The number of hydrogen-bond acceptors (Lipinski definition) is 7. The molecular formula is C15H22N6O2S. The Kier molecular flexibility index (Phi) is 5.35. The van der Waals surface area contributed by atoms with Crippen molar-refractivity contribution in [1.29, 1.82) is 0 Å². The first kappa shape index (κ1) is 18.1. The van der Waals surface area contributed by atoms with E-state index in [1.54, 1.807) is 18.3 Å². The summed E-state index contributed by atoms with van der Waals surface area (Å²) in [6, 6.07) is 6.49. The Bertz CT molecular complexity index is 784. The van der Waals surface area contributed by atoms with Crippen LogP contribution in [-0.2, 0) is 16.4 Å². The smallest absolute Gasteiger partial charge is 0.245 e. The lowest BCUT2D eigenvalue weighted by molar-refractivity contribution is 0.597. The van der Waals surface area contributed by atoms with Crippen molar-refractivity contribution >= 4 is 21.8 Å². The molecule has 0 spiro atoms. The van der Waals surface area contributed by atoms with Gasteiger partial charge >= 0.3 is 0 Å². The van der Waals surface area contributed by atoms with Gasteiger partial charge in [0.2, 0.25) is 16.0 Å². The molecule has 0 saturated heterocycles. The third-order valence-electron chi connectivity index (χ3n) is 3.02. The van der Waals surface area contributed by atoms with E-state index in [2.05, 4.69) is 25.8 Å². The van der Waals surface area contributed by atoms with E-state index in [1.165, 1.54) is 12.1 Å². The lowest BCUT2D eigenvalue weighted by Crippen LogP contribution is -2.27. The van der Waals surface area contributed by atoms with Gasteiger partial charge in [-0.05, 0) is 44.9 Å². The fourth-order valence-electron chi connectivity index (χ4n) is 1.96. The molecule has 130 valence electrons. The van der Waals surface area contributed by atoms with Crippen molar-refractivity contribution in [3.05, 3.63) is 36.0 Å². The Morgan fingerprint density at radius 1 is 1.17 bits per heavy atom. The maximum absolute atomic E-state index is 11.2. The zero-order valence-corrected chi connectivity index (χ0v) is 14.8. The Morgan fingerprint density at radius 3 is 2.42 bits per heavy atom. The molecule has 0 fully saturated rings. The van der Waals surface area contributed by atoms with Crippen molar-refractivity contribution in [2.45, 2.75) is 37.6 Å². The minimum Gasteiger partial charge on any atom is -0.368 e. The predicted molar refractivity (Wildman–Crippen MR) is 93.2 cm³/mol. The molecule has 8 nitrogen and oxygen atoms in total. The topological polar surface area (TPSA) is 123 Å². The van der Waals surface area contributed by atoms with Gasteiger partial charge in [0, 0.05) is 12.1 Å². The van der Waals surface area contributed by atoms with E-state index in [4.69, 9.17) is 5.14 Å². The van der Waals surface area contributed by atoms with Gasteiger partial charge < -0.3 is 10.6 Å². The van der Waals surface area contributed by atoms with Gasteiger partial charge in [-0.1, -0.05) is 12.1 Å². The van der Waals surface area contributed by atoms with Crippen LogP contribution in [0, 0.1) is 0 Å². The van der Waals surface area contributed by atoms with Crippen molar-refractivity contribution in [3.63, 3.8) is 0 Å².